The fraction of sp³-hybridized carbons (Fsp3) is 0.438. The first-order valence-corrected chi connectivity index (χ1v) is 7.36. The predicted molar refractivity (Wildman–Crippen MR) is 78.7 cm³/mol. The minimum Gasteiger partial charge on any atom is -0.305 e. The summed E-state index contributed by atoms with van der Waals surface area (Å²) in [6.07, 6.45) is 7.76. The molecule has 104 valence electrons. The van der Waals surface area contributed by atoms with Gasteiger partial charge in [0.05, 0.1) is 5.69 Å². The minimum atomic E-state index is 0.0135. The second kappa shape index (κ2) is 5.57. The molecule has 0 saturated heterocycles. The maximum absolute atomic E-state index is 12.3. The van der Waals surface area contributed by atoms with Crippen molar-refractivity contribution in [2.24, 2.45) is 0 Å². The molecule has 4 nitrogen and oxygen atoms in total. The van der Waals surface area contributed by atoms with Gasteiger partial charge in [-0.25, -0.2) is 4.98 Å². The highest BCUT2D eigenvalue weighted by Crippen LogP contribution is 2.21. The van der Waals surface area contributed by atoms with E-state index in [4.69, 9.17) is 4.98 Å². The van der Waals surface area contributed by atoms with Crippen molar-refractivity contribution in [1.29, 1.82) is 0 Å². The maximum atomic E-state index is 12.3. The van der Waals surface area contributed by atoms with Gasteiger partial charge < -0.3 is 4.98 Å². The van der Waals surface area contributed by atoms with Gasteiger partial charge >= 0.3 is 0 Å². The van der Waals surface area contributed by atoms with Crippen LogP contribution in [0.25, 0.3) is 11.5 Å². The lowest BCUT2D eigenvalue weighted by molar-refractivity contribution is 0.708. The number of hydrogen-bond donors (Lipinski definition) is 1. The molecule has 1 aliphatic carbocycles. The topological polar surface area (TPSA) is 58.6 Å². The van der Waals surface area contributed by atoms with Crippen LogP contribution in [0.5, 0.6) is 0 Å². The lowest BCUT2D eigenvalue weighted by Crippen LogP contribution is -2.18. The molecule has 0 fully saturated rings. The SMILES string of the molecule is CCc1cccnc1-c1nc2c(c(=O)[nH]1)CCCCC2. The summed E-state index contributed by atoms with van der Waals surface area (Å²) in [4.78, 5) is 24.3. The summed E-state index contributed by atoms with van der Waals surface area (Å²) in [6, 6.07) is 3.96. The third-order valence-electron chi connectivity index (χ3n) is 3.94. The molecule has 0 aromatic carbocycles. The predicted octanol–water partition coefficient (Wildman–Crippen LogP) is 2.66. The summed E-state index contributed by atoms with van der Waals surface area (Å²) < 4.78 is 0. The monoisotopic (exact) mass is 269 g/mol. The first kappa shape index (κ1) is 13.0. The van der Waals surface area contributed by atoms with Gasteiger partial charge in [0.1, 0.15) is 5.69 Å². The molecule has 0 aliphatic heterocycles. The largest absolute Gasteiger partial charge is 0.305 e. The van der Waals surface area contributed by atoms with Crippen molar-refractivity contribution in [2.75, 3.05) is 0 Å². The molecule has 3 rings (SSSR count). The molecule has 0 atom stereocenters. The van der Waals surface area contributed by atoms with Crippen LogP contribution in [0.15, 0.2) is 23.1 Å². The number of pyridine rings is 1. The molecule has 0 amide bonds. The normalized spacial score (nSPS) is 14.7. The van der Waals surface area contributed by atoms with Crippen molar-refractivity contribution in [3.63, 3.8) is 0 Å². The number of aryl methyl sites for hydroxylation is 2. The Bertz CT molecular complexity index is 676. The van der Waals surface area contributed by atoms with Gasteiger partial charge in [0.2, 0.25) is 0 Å². The third-order valence-corrected chi connectivity index (χ3v) is 3.94. The fourth-order valence-corrected chi connectivity index (χ4v) is 2.83. The van der Waals surface area contributed by atoms with Crippen LogP contribution in [0.1, 0.15) is 43.0 Å². The van der Waals surface area contributed by atoms with Gasteiger partial charge in [-0.3, -0.25) is 9.78 Å². The first-order valence-electron chi connectivity index (χ1n) is 7.36. The average molecular weight is 269 g/mol. The maximum Gasteiger partial charge on any atom is 0.254 e. The van der Waals surface area contributed by atoms with E-state index in [1.807, 2.05) is 12.1 Å². The number of rotatable bonds is 2. The van der Waals surface area contributed by atoms with Crippen molar-refractivity contribution in [1.82, 2.24) is 15.0 Å². The number of nitrogens with zero attached hydrogens (tertiary/aromatic N) is 2. The third kappa shape index (κ3) is 2.38. The van der Waals surface area contributed by atoms with E-state index < -0.39 is 0 Å². The van der Waals surface area contributed by atoms with Crippen LogP contribution < -0.4 is 5.56 Å². The zero-order valence-corrected chi connectivity index (χ0v) is 11.8. The molecule has 0 radical (unpaired) electrons. The standard InChI is InChI=1S/C16H19N3O/c1-2-11-7-6-10-17-14(11)15-18-13-9-5-3-4-8-12(13)16(20)19-15/h6-7,10H,2-5,8-9H2,1H3,(H,18,19,20). The zero-order valence-electron chi connectivity index (χ0n) is 11.8. The van der Waals surface area contributed by atoms with Gasteiger partial charge in [0, 0.05) is 11.8 Å². The second-order valence-corrected chi connectivity index (χ2v) is 5.27. The molecule has 20 heavy (non-hydrogen) atoms. The summed E-state index contributed by atoms with van der Waals surface area (Å²) in [5.74, 6) is 0.619. The first-order chi connectivity index (χ1) is 9.79. The highest BCUT2D eigenvalue weighted by molar-refractivity contribution is 5.54. The molecule has 2 aromatic heterocycles. The van der Waals surface area contributed by atoms with Gasteiger partial charge in [-0.1, -0.05) is 19.4 Å². The zero-order chi connectivity index (χ0) is 13.9. The lowest BCUT2D eigenvalue weighted by atomic mass is 10.1. The van der Waals surface area contributed by atoms with Crippen molar-refractivity contribution in [3.8, 4) is 11.5 Å². The van der Waals surface area contributed by atoms with E-state index in [9.17, 15) is 4.79 Å². The van der Waals surface area contributed by atoms with Crippen LogP contribution in [-0.2, 0) is 19.3 Å². The Balaban J connectivity index is 2.14. The molecule has 2 aromatic rings. The van der Waals surface area contributed by atoms with E-state index in [0.29, 0.717) is 5.82 Å². The molecule has 0 unspecified atom stereocenters. The average Bonchev–Trinajstić information content (AvgIpc) is 2.73. The smallest absolute Gasteiger partial charge is 0.254 e. The van der Waals surface area contributed by atoms with Crippen molar-refractivity contribution in [3.05, 3.63) is 45.5 Å². The van der Waals surface area contributed by atoms with Crippen LogP contribution in [0.3, 0.4) is 0 Å². The number of aromatic amines is 1. The molecule has 0 bridgehead atoms. The number of nitrogens with one attached hydrogen (secondary N) is 1. The van der Waals surface area contributed by atoms with Gasteiger partial charge in [0.25, 0.3) is 5.56 Å². The Morgan fingerprint density at radius 3 is 2.95 bits per heavy atom. The summed E-state index contributed by atoms with van der Waals surface area (Å²) >= 11 is 0. The minimum absolute atomic E-state index is 0.0135. The lowest BCUT2D eigenvalue weighted by Gasteiger charge is -2.09. The number of fused-ring (bicyclic) bond motifs is 1. The van der Waals surface area contributed by atoms with Crippen LogP contribution in [-0.4, -0.2) is 15.0 Å². The van der Waals surface area contributed by atoms with Crippen LogP contribution in [0.4, 0.5) is 0 Å². The summed E-state index contributed by atoms with van der Waals surface area (Å²) in [5, 5.41) is 0. The number of hydrogen-bond acceptors (Lipinski definition) is 3. The Morgan fingerprint density at radius 1 is 1.25 bits per heavy atom. The Morgan fingerprint density at radius 2 is 2.10 bits per heavy atom. The molecular formula is C16H19N3O. The van der Waals surface area contributed by atoms with Crippen molar-refractivity contribution in [2.45, 2.75) is 45.4 Å². The van der Waals surface area contributed by atoms with Gasteiger partial charge in [-0.05, 0) is 43.7 Å². The van der Waals surface area contributed by atoms with E-state index in [1.165, 1.54) is 6.42 Å². The molecule has 1 N–H and O–H groups in total. The fourth-order valence-electron chi connectivity index (χ4n) is 2.83. The number of aromatic nitrogens is 3. The summed E-state index contributed by atoms with van der Waals surface area (Å²) in [7, 11) is 0. The van der Waals surface area contributed by atoms with E-state index in [0.717, 1.165) is 54.6 Å². The van der Waals surface area contributed by atoms with E-state index in [2.05, 4.69) is 16.9 Å². The summed E-state index contributed by atoms with van der Waals surface area (Å²) in [5.41, 5.74) is 3.78. The van der Waals surface area contributed by atoms with Gasteiger partial charge in [0.15, 0.2) is 5.82 Å². The number of H-pyrrole nitrogens is 1. The Labute approximate surface area is 118 Å². The molecule has 2 heterocycles. The molecular weight excluding hydrogens is 250 g/mol. The Hall–Kier alpha value is -1.97. The van der Waals surface area contributed by atoms with Crippen LogP contribution in [0.2, 0.25) is 0 Å². The molecule has 0 saturated carbocycles. The molecule has 4 heteroatoms. The second-order valence-electron chi connectivity index (χ2n) is 5.27. The van der Waals surface area contributed by atoms with Gasteiger partial charge in [-0.2, -0.15) is 0 Å². The van der Waals surface area contributed by atoms with E-state index in [-0.39, 0.29) is 5.56 Å². The van der Waals surface area contributed by atoms with Gasteiger partial charge in [-0.15, -0.1) is 0 Å². The highest BCUT2D eigenvalue weighted by Gasteiger charge is 2.16. The van der Waals surface area contributed by atoms with E-state index in [1.54, 1.807) is 6.20 Å². The van der Waals surface area contributed by atoms with Crippen molar-refractivity contribution < 1.29 is 0 Å². The van der Waals surface area contributed by atoms with E-state index >= 15 is 0 Å². The molecule has 1 aliphatic rings. The van der Waals surface area contributed by atoms with Crippen molar-refractivity contribution >= 4 is 0 Å². The molecule has 0 spiro atoms. The van der Waals surface area contributed by atoms with Crippen LogP contribution >= 0.6 is 0 Å². The summed E-state index contributed by atoms with van der Waals surface area (Å²) in [6.45, 7) is 2.09. The van der Waals surface area contributed by atoms with Crippen LogP contribution in [0, 0.1) is 0 Å². The Kier molecular flexibility index (Phi) is 3.63. The quantitative estimate of drug-likeness (QED) is 0.853. The highest BCUT2D eigenvalue weighted by atomic mass is 16.1.